The van der Waals surface area contributed by atoms with Crippen molar-refractivity contribution in [2.45, 2.75) is 57.6 Å². The molecule has 3 heteroatoms. The molecule has 0 bridgehead atoms. The Morgan fingerprint density at radius 3 is 2.38 bits per heavy atom. The Bertz CT molecular complexity index is 156. The number of ether oxygens (including phenoxy) is 2. The molecule has 0 spiro atoms. The van der Waals surface area contributed by atoms with E-state index in [1.807, 2.05) is 0 Å². The first-order valence-electron chi connectivity index (χ1n) is 6.70. The minimum Gasteiger partial charge on any atom is -0.385 e. The van der Waals surface area contributed by atoms with Crippen LogP contribution in [0, 0.1) is 0 Å². The van der Waals surface area contributed by atoms with Crippen LogP contribution in [0.5, 0.6) is 0 Å². The lowest BCUT2D eigenvalue weighted by atomic mass is 9.93. The van der Waals surface area contributed by atoms with Crippen LogP contribution in [0.2, 0.25) is 0 Å². The maximum Gasteiger partial charge on any atom is 0.0576 e. The molecule has 0 saturated heterocycles. The molecule has 1 N–H and O–H groups in total. The molecule has 0 amide bonds. The van der Waals surface area contributed by atoms with Gasteiger partial charge in [0.05, 0.1) is 6.10 Å². The van der Waals surface area contributed by atoms with Gasteiger partial charge < -0.3 is 14.8 Å². The zero-order valence-corrected chi connectivity index (χ0v) is 10.8. The van der Waals surface area contributed by atoms with Crippen LogP contribution in [0.15, 0.2) is 0 Å². The molecule has 0 aromatic heterocycles. The van der Waals surface area contributed by atoms with Gasteiger partial charge in [-0.1, -0.05) is 6.92 Å². The lowest BCUT2D eigenvalue weighted by Crippen LogP contribution is -2.35. The molecule has 0 aromatic rings. The van der Waals surface area contributed by atoms with Crippen LogP contribution in [0.1, 0.15) is 45.4 Å². The Kier molecular flexibility index (Phi) is 7.81. The standard InChI is InChI=1S/C13H27NO2/c1-3-14-12-6-8-13(9-7-12)16-11-5-4-10-15-2/h12-14H,3-11H2,1-2H3. The molecule has 1 rings (SSSR count). The third kappa shape index (κ3) is 5.83. The third-order valence-electron chi connectivity index (χ3n) is 3.26. The van der Waals surface area contributed by atoms with Crippen molar-refractivity contribution in [3.8, 4) is 0 Å². The molecule has 1 fully saturated rings. The number of rotatable bonds is 8. The molecular formula is C13H27NO2. The minimum atomic E-state index is 0.512. The topological polar surface area (TPSA) is 30.5 Å². The van der Waals surface area contributed by atoms with Crippen molar-refractivity contribution in [3.63, 3.8) is 0 Å². The van der Waals surface area contributed by atoms with Gasteiger partial charge >= 0.3 is 0 Å². The van der Waals surface area contributed by atoms with Gasteiger partial charge in [-0.15, -0.1) is 0 Å². The first kappa shape index (κ1) is 13.9. The SMILES string of the molecule is CCNC1CCC(OCCCCOC)CC1. The molecule has 0 atom stereocenters. The van der Waals surface area contributed by atoms with Crippen molar-refractivity contribution in [3.05, 3.63) is 0 Å². The summed E-state index contributed by atoms with van der Waals surface area (Å²) in [6.07, 6.45) is 7.75. The summed E-state index contributed by atoms with van der Waals surface area (Å²) in [5.74, 6) is 0. The molecule has 96 valence electrons. The highest BCUT2D eigenvalue weighted by atomic mass is 16.5. The Labute approximate surface area is 99.9 Å². The van der Waals surface area contributed by atoms with E-state index in [2.05, 4.69) is 12.2 Å². The molecule has 16 heavy (non-hydrogen) atoms. The Morgan fingerprint density at radius 2 is 1.75 bits per heavy atom. The van der Waals surface area contributed by atoms with E-state index in [4.69, 9.17) is 9.47 Å². The Morgan fingerprint density at radius 1 is 1.06 bits per heavy atom. The van der Waals surface area contributed by atoms with E-state index >= 15 is 0 Å². The summed E-state index contributed by atoms with van der Waals surface area (Å²) in [6.45, 7) is 5.03. The van der Waals surface area contributed by atoms with Crippen LogP contribution in [-0.4, -0.2) is 39.0 Å². The molecule has 0 aliphatic heterocycles. The molecule has 3 nitrogen and oxygen atoms in total. The van der Waals surface area contributed by atoms with Crippen LogP contribution < -0.4 is 5.32 Å². The van der Waals surface area contributed by atoms with Crippen LogP contribution in [0.4, 0.5) is 0 Å². The summed E-state index contributed by atoms with van der Waals surface area (Å²) >= 11 is 0. The van der Waals surface area contributed by atoms with Gasteiger partial charge in [0.25, 0.3) is 0 Å². The van der Waals surface area contributed by atoms with Crippen molar-refractivity contribution < 1.29 is 9.47 Å². The number of methoxy groups -OCH3 is 1. The molecule has 0 radical (unpaired) electrons. The summed E-state index contributed by atoms with van der Waals surface area (Å²) < 4.78 is 10.9. The zero-order valence-electron chi connectivity index (χ0n) is 10.8. The van der Waals surface area contributed by atoms with Gasteiger partial charge in [0.2, 0.25) is 0 Å². The fourth-order valence-electron chi connectivity index (χ4n) is 2.32. The van der Waals surface area contributed by atoms with Crippen molar-refractivity contribution in [1.82, 2.24) is 5.32 Å². The second kappa shape index (κ2) is 8.97. The maximum atomic E-state index is 5.87. The van der Waals surface area contributed by atoms with Gasteiger partial charge in [-0.05, 0) is 45.1 Å². The van der Waals surface area contributed by atoms with E-state index in [-0.39, 0.29) is 0 Å². The van der Waals surface area contributed by atoms with Gasteiger partial charge in [-0.3, -0.25) is 0 Å². The van der Waals surface area contributed by atoms with Gasteiger partial charge in [0.1, 0.15) is 0 Å². The highest BCUT2D eigenvalue weighted by Crippen LogP contribution is 2.21. The number of hydrogen-bond acceptors (Lipinski definition) is 3. The molecule has 1 aliphatic rings. The predicted molar refractivity (Wildman–Crippen MR) is 66.8 cm³/mol. The lowest BCUT2D eigenvalue weighted by Gasteiger charge is -2.29. The predicted octanol–water partition coefficient (Wildman–Crippen LogP) is 2.35. The van der Waals surface area contributed by atoms with Gasteiger partial charge in [-0.25, -0.2) is 0 Å². The molecule has 0 aromatic carbocycles. The molecular weight excluding hydrogens is 202 g/mol. The van der Waals surface area contributed by atoms with Gasteiger partial charge in [0, 0.05) is 26.4 Å². The number of hydrogen-bond donors (Lipinski definition) is 1. The average molecular weight is 229 g/mol. The first-order valence-corrected chi connectivity index (χ1v) is 6.70. The van der Waals surface area contributed by atoms with E-state index in [1.54, 1.807) is 7.11 Å². The Balaban J connectivity index is 1.95. The van der Waals surface area contributed by atoms with E-state index in [1.165, 1.54) is 25.7 Å². The molecule has 0 unspecified atom stereocenters. The summed E-state index contributed by atoms with van der Waals surface area (Å²) in [7, 11) is 1.75. The summed E-state index contributed by atoms with van der Waals surface area (Å²) in [6, 6.07) is 0.735. The van der Waals surface area contributed by atoms with Crippen molar-refractivity contribution in [1.29, 1.82) is 0 Å². The van der Waals surface area contributed by atoms with E-state index in [9.17, 15) is 0 Å². The Hall–Kier alpha value is -0.120. The van der Waals surface area contributed by atoms with Crippen LogP contribution in [0.3, 0.4) is 0 Å². The third-order valence-corrected chi connectivity index (χ3v) is 3.26. The normalized spacial score (nSPS) is 25.9. The minimum absolute atomic E-state index is 0.512. The lowest BCUT2D eigenvalue weighted by molar-refractivity contribution is 0.0186. The smallest absolute Gasteiger partial charge is 0.0576 e. The van der Waals surface area contributed by atoms with E-state index in [0.717, 1.165) is 38.6 Å². The van der Waals surface area contributed by atoms with Crippen LogP contribution >= 0.6 is 0 Å². The average Bonchev–Trinajstić information content (AvgIpc) is 2.31. The maximum absolute atomic E-state index is 5.87. The number of nitrogens with one attached hydrogen (secondary N) is 1. The monoisotopic (exact) mass is 229 g/mol. The number of unbranched alkanes of at least 4 members (excludes halogenated alkanes) is 1. The van der Waals surface area contributed by atoms with Gasteiger partial charge in [-0.2, -0.15) is 0 Å². The fraction of sp³-hybridized carbons (Fsp3) is 1.00. The molecule has 0 heterocycles. The summed E-state index contributed by atoms with van der Waals surface area (Å²) in [4.78, 5) is 0. The second-order valence-corrected chi connectivity index (χ2v) is 4.60. The summed E-state index contributed by atoms with van der Waals surface area (Å²) in [5.41, 5.74) is 0. The van der Waals surface area contributed by atoms with E-state index < -0.39 is 0 Å². The van der Waals surface area contributed by atoms with Crippen LogP contribution in [0.25, 0.3) is 0 Å². The van der Waals surface area contributed by atoms with Crippen LogP contribution in [-0.2, 0) is 9.47 Å². The molecule has 1 saturated carbocycles. The fourth-order valence-corrected chi connectivity index (χ4v) is 2.32. The highest BCUT2D eigenvalue weighted by molar-refractivity contribution is 4.76. The zero-order chi connectivity index (χ0) is 11.6. The van der Waals surface area contributed by atoms with Crippen molar-refractivity contribution >= 4 is 0 Å². The molecule has 1 aliphatic carbocycles. The van der Waals surface area contributed by atoms with Gasteiger partial charge in [0.15, 0.2) is 0 Å². The largest absolute Gasteiger partial charge is 0.385 e. The second-order valence-electron chi connectivity index (χ2n) is 4.60. The summed E-state index contributed by atoms with van der Waals surface area (Å²) in [5, 5.41) is 3.52. The van der Waals surface area contributed by atoms with Crippen molar-refractivity contribution in [2.24, 2.45) is 0 Å². The highest BCUT2D eigenvalue weighted by Gasteiger charge is 2.20. The first-order chi connectivity index (χ1) is 7.86. The quantitative estimate of drug-likeness (QED) is 0.648. The van der Waals surface area contributed by atoms with E-state index in [0.29, 0.717) is 6.10 Å². The van der Waals surface area contributed by atoms with Crippen molar-refractivity contribution in [2.75, 3.05) is 26.9 Å².